The van der Waals surface area contributed by atoms with Crippen LogP contribution in [0.15, 0.2) is 54.6 Å². The summed E-state index contributed by atoms with van der Waals surface area (Å²) in [6.07, 6.45) is 0.204. The van der Waals surface area contributed by atoms with Crippen LogP contribution in [0.3, 0.4) is 0 Å². The van der Waals surface area contributed by atoms with Gasteiger partial charge < -0.3 is 14.4 Å². The molecule has 2 aromatic rings. The number of halogens is 2. The van der Waals surface area contributed by atoms with Crippen LogP contribution in [-0.4, -0.2) is 61.2 Å². The van der Waals surface area contributed by atoms with Crippen molar-refractivity contribution < 1.29 is 23.0 Å². The molecule has 7 heteroatoms. The van der Waals surface area contributed by atoms with Crippen LogP contribution in [0.5, 0.6) is 5.75 Å². The maximum absolute atomic E-state index is 13.2. The summed E-state index contributed by atoms with van der Waals surface area (Å²) in [6, 6.07) is 16.2. The van der Waals surface area contributed by atoms with E-state index in [2.05, 4.69) is 16.6 Å². The van der Waals surface area contributed by atoms with Gasteiger partial charge in [-0.15, -0.1) is 0 Å². The lowest BCUT2D eigenvalue weighted by Gasteiger charge is -2.35. The molecule has 0 bridgehead atoms. The van der Waals surface area contributed by atoms with E-state index in [-0.39, 0.29) is 24.1 Å². The maximum Gasteiger partial charge on any atom is 0.387 e. The average molecular weight is 418 g/mol. The highest BCUT2D eigenvalue weighted by atomic mass is 19.3. The van der Waals surface area contributed by atoms with Crippen LogP contribution >= 0.6 is 0 Å². The first-order chi connectivity index (χ1) is 14.5. The van der Waals surface area contributed by atoms with E-state index in [0.717, 1.165) is 30.8 Å². The summed E-state index contributed by atoms with van der Waals surface area (Å²) < 4.78 is 34.5. The number of hydrogen-bond donors (Lipinski definition) is 0. The fourth-order valence-electron chi connectivity index (χ4n) is 3.59. The van der Waals surface area contributed by atoms with E-state index in [9.17, 15) is 13.6 Å². The van der Waals surface area contributed by atoms with E-state index in [1.807, 2.05) is 35.2 Å². The molecule has 1 amide bonds. The van der Waals surface area contributed by atoms with Crippen molar-refractivity contribution in [3.8, 4) is 5.75 Å². The summed E-state index contributed by atoms with van der Waals surface area (Å²) in [4.78, 5) is 17.4. The second kappa shape index (κ2) is 11.0. The minimum absolute atomic E-state index is 0.00198. The smallest absolute Gasteiger partial charge is 0.387 e. The fraction of sp³-hybridized carbons (Fsp3) is 0.435. The summed E-state index contributed by atoms with van der Waals surface area (Å²) in [5.41, 5.74) is 1.83. The van der Waals surface area contributed by atoms with E-state index in [4.69, 9.17) is 4.74 Å². The highest BCUT2D eigenvalue weighted by Crippen LogP contribution is 2.17. The number of rotatable bonds is 9. The zero-order chi connectivity index (χ0) is 21.3. The van der Waals surface area contributed by atoms with E-state index >= 15 is 0 Å². The second-order valence-corrected chi connectivity index (χ2v) is 7.47. The third kappa shape index (κ3) is 6.78. The van der Waals surface area contributed by atoms with Crippen LogP contribution in [-0.2, 0) is 22.5 Å². The third-order valence-corrected chi connectivity index (χ3v) is 5.18. The molecule has 3 rings (SSSR count). The standard InChI is InChI=1S/C23H28F2N2O3/c1-18(16-26-11-13-29-14-12-26)27(17-20-5-3-2-4-6-20)22(28)15-19-7-9-21(10-8-19)30-23(24)25/h2-10,18,23H,11-17H2,1H3. The van der Waals surface area contributed by atoms with E-state index < -0.39 is 6.61 Å². The van der Waals surface area contributed by atoms with Crippen LogP contribution in [0.25, 0.3) is 0 Å². The molecule has 0 spiro atoms. The summed E-state index contributed by atoms with van der Waals surface area (Å²) in [5, 5.41) is 0. The molecule has 162 valence electrons. The number of nitrogens with zero attached hydrogens (tertiary/aromatic N) is 2. The molecule has 0 aromatic heterocycles. The molecule has 1 heterocycles. The molecule has 1 atom stereocenters. The Bertz CT molecular complexity index is 781. The summed E-state index contributed by atoms with van der Waals surface area (Å²) >= 11 is 0. The van der Waals surface area contributed by atoms with Crippen molar-refractivity contribution in [1.82, 2.24) is 9.80 Å². The van der Waals surface area contributed by atoms with Gasteiger partial charge in [0.2, 0.25) is 5.91 Å². The van der Waals surface area contributed by atoms with Crippen molar-refractivity contribution in [2.75, 3.05) is 32.8 Å². The van der Waals surface area contributed by atoms with Crippen molar-refractivity contribution >= 4 is 5.91 Å². The summed E-state index contributed by atoms with van der Waals surface area (Å²) in [5.74, 6) is 0.0881. The van der Waals surface area contributed by atoms with Crippen molar-refractivity contribution in [1.29, 1.82) is 0 Å². The second-order valence-electron chi connectivity index (χ2n) is 7.47. The van der Waals surface area contributed by atoms with Crippen LogP contribution in [0.2, 0.25) is 0 Å². The molecule has 0 saturated carbocycles. The molecule has 1 unspecified atom stereocenters. The molecule has 1 aliphatic heterocycles. The first-order valence-electron chi connectivity index (χ1n) is 10.2. The number of ether oxygens (including phenoxy) is 2. The number of amides is 1. The molecule has 1 fully saturated rings. The lowest BCUT2D eigenvalue weighted by atomic mass is 10.1. The van der Waals surface area contributed by atoms with Gasteiger partial charge in [0.15, 0.2) is 0 Å². The highest BCUT2D eigenvalue weighted by molar-refractivity contribution is 5.79. The van der Waals surface area contributed by atoms with Gasteiger partial charge >= 0.3 is 6.61 Å². The number of benzene rings is 2. The van der Waals surface area contributed by atoms with Gasteiger partial charge in [-0.05, 0) is 30.2 Å². The normalized spacial score (nSPS) is 15.7. The van der Waals surface area contributed by atoms with Gasteiger partial charge in [0, 0.05) is 32.2 Å². The Morgan fingerprint density at radius 2 is 1.73 bits per heavy atom. The number of carbonyl (C=O) groups excluding carboxylic acids is 1. The first-order valence-corrected chi connectivity index (χ1v) is 10.2. The predicted molar refractivity (Wildman–Crippen MR) is 110 cm³/mol. The monoisotopic (exact) mass is 418 g/mol. The molecule has 0 radical (unpaired) electrons. The molecular weight excluding hydrogens is 390 g/mol. The molecule has 2 aromatic carbocycles. The Morgan fingerprint density at radius 3 is 2.37 bits per heavy atom. The quantitative estimate of drug-likeness (QED) is 0.624. The van der Waals surface area contributed by atoms with Crippen molar-refractivity contribution in [2.45, 2.75) is 32.5 Å². The zero-order valence-electron chi connectivity index (χ0n) is 17.2. The zero-order valence-corrected chi connectivity index (χ0v) is 17.2. The lowest BCUT2D eigenvalue weighted by molar-refractivity contribution is -0.133. The number of carbonyl (C=O) groups is 1. The minimum Gasteiger partial charge on any atom is -0.435 e. The Morgan fingerprint density at radius 1 is 1.07 bits per heavy atom. The maximum atomic E-state index is 13.2. The molecule has 30 heavy (non-hydrogen) atoms. The number of morpholine rings is 1. The van der Waals surface area contributed by atoms with Gasteiger partial charge in [0.25, 0.3) is 0 Å². The Labute approximate surface area is 176 Å². The van der Waals surface area contributed by atoms with Gasteiger partial charge in [-0.3, -0.25) is 9.69 Å². The van der Waals surface area contributed by atoms with Crippen LogP contribution in [0.1, 0.15) is 18.1 Å². The van der Waals surface area contributed by atoms with E-state index in [0.29, 0.717) is 19.8 Å². The van der Waals surface area contributed by atoms with Crippen LogP contribution in [0.4, 0.5) is 8.78 Å². The summed E-state index contributed by atoms with van der Waals surface area (Å²) in [6.45, 7) is 3.67. The highest BCUT2D eigenvalue weighted by Gasteiger charge is 2.23. The number of hydrogen-bond acceptors (Lipinski definition) is 4. The first kappa shape index (κ1) is 22.2. The largest absolute Gasteiger partial charge is 0.435 e. The Hall–Kier alpha value is -2.51. The molecule has 5 nitrogen and oxygen atoms in total. The topological polar surface area (TPSA) is 42.0 Å². The predicted octanol–water partition coefficient (Wildman–Crippen LogP) is 3.58. The third-order valence-electron chi connectivity index (χ3n) is 5.18. The van der Waals surface area contributed by atoms with Crippen molar-refractivity contribution in [2.24, 2.45) is 0 Å². The average Bonchev–Trinajstić information content (AvgIpc) is 2.74. The fourth-order valence-corrected chi connectivity index (χ4v) is 3.59. The molecule has 1 saturated heterocycles. The Balaban J connectivity index is 1.68. The van der Waals surface area contributed by atoms with Gasteiger partial charge in [-0.2, -0.15) is 8.78 Å². The summed E-state index contributed by atoms with van der Waals surface area (Å²) in [7, 11) is 0. The molecule has 0 aliphatic carbocycles. The number of alkyl halides is 2. The molecular formula is C23H28F2N2O3. The van der Waals surface area contributed by atoms with E-state index in [1.165, 1.54) is 12.1 Å². The van der Waals surface area contributed by atoms with Gasteiger partial charge in [0.1, 0.15) is 5.75 Å². The SMILES string of the molecule is CC(CN1CCOCC1)N(Cc1ccccc1)C(=O)Cc1ccc(OC(F)F)cc1. The van der Waals surface area contributed by atoms with Gasteiger partial charge in [0.05, 0.1) is 19.6 Å². The van der Waals surface area contributed by atoms with Crippen molar-refractivity contribution in [3.05, 3.63) is 65.7 Å². The van der Waals surface area contributed by atoms with Crippen molar-refractivity contribution in [3.63, 3.8) is 0 Å². The van der Waals surface area contributed by atoms with E-state index in [1.54, 1.807) is 12.1 Å². The Kier molecular flexibility index (Phi) is 8.16. The van der Waals surface area contributed by atoms with Gasteiger partial charge in [-0.25, -0.2) is 0 Å². The minimum atomic E-state index is -2.86. The lowest BCUT2D eigenvalue weighted by Crippen LogP contribution is -2.48. The molecule has 0 N–H and O–H groups in total. The van der Waals surface area contributed by atoms with Crippen LogP contribution < -0.4 is 4.74 Å². The van der Waals surface area contributed by atoms with Gasteiger partial charge in [-0.1, -0.05) is 42.5 Å². The molecule has 1 aliphatic rings. The van der Waals surface area contributed by atoms with Crippen LogP contribution in [0, 0.1) is 0 Å².